The first kappa shape index (κ1) is 10.4. The third-order valence-electron chi connectivity index (χ3n) is 3.00. The summed E-state index contributed by atoms with van der Waals surface area (Å²) in [6.07, 6.45) is 1.98. The SMILES string of the molecule is CNC(=O)C1CNCCN1C(=O)C1CC1. The number of carbonyl (C=O) groups excluding carboxylic acids is 2. The van der Waals surface area contributed by atoms with Gasteiger partial charge in [0.2, 0.25) is 11.8 Å². The molecule has 15 heavy (non-hydrogen) atoms. The minimum atomic E-state index is -0.322. The molecule has 0 bridgehead atoms. The monoisotopic (exact) mass is 211 g/mol. The van der Waals surface area contributed by atoms with Gasteiger partial charge in [-0.2, -0.15) is 0 Å². The lowest BCUT2D eigenvalue weighted by Crippen LogP contribution is -2.59. The molecule has 2 fully saturated rings. The molecule has 5 heteroatoms. The molecule has 2 amide bonds. The first-order chi connectivity index (χ1) is 7.24. The van der Waals surface area contributed by atoms with Gasteiger partial charge in [-0.05, 0) is 12.8 Å². The van der Waals surface area contributed by atoms with Crippen LogP contribution in [0.25, 0.3) is 0 Å². The minimum absolute atomic E-state index is 0.0730. The Kier molecular flexibility index (Phi) is 2.90. The summed E-state index contributed by atoms with van der Waals surface area (Å²) in [5, 5.41) is 5.75. The Morgan fingerprint density at radius 2 is 2.13 bits per heavy atom. The maximum absolute atomic E-state index is 11.9. The number of hydrogen-bond acceptors (Lipinski definition) is 3. The van der Waals surface area contributed by atoms with Crippen molar-refractivity contribution in [3.05, 3.63) is 0 Å². The third kappa shape index (κ3) is 2.12. The molecular weight excluding hydrogens is 194 g/mol. The summed E-state index contributed by atoms with van der Waals surface area (Å²) in [5.74, 6) is 0.275. The third-order valence-corrected chi connectivity index (χ3v) is 3.00. The summed E-state index contributed by atoms with van der Waals surface area (Å²) in [6, 6.07) is -0.322. The maximum atomic E-state index is 11.9. The van der Waals surface area contributed by atoms with Gasteiger partial charge in [-0.25, -0.2) is 0 Å². The lowest BCUT2D eigenvalue weighted by atomic mass is 10.1. The van der Waals surface area contributed by atoms with Crippen LogP contribution in [0.2, 0.25) is 0 Å². The highest BCUT2D eigenvalue weighted by Gasteiger charge is 2.39. The Labute approximate surface area is 89.2 Å². The fourth-order valence-corrected chi connectivity index (χ4v) is 1.93. The smallest absolute Gasteiger partial charge is 0.243 e. The van der Waals surface area contributed by atoms with E-state index in [1.807, 2.05) is 0 Å². The molecule has 2 aliphatic rings. The Hall–Kier alpha value is -1.10. The average molecular weight is 211 g/mol. The summed E-state index contributed by atoms with van der Waals surface area (Å²) in [6.45, 7) is 2.00. The van der Waals surface area contributed by atoms with E-state index in [0.717, 1.165) is 19.4 Å². The normalized spacial score (nSPS) is 26.2. The fourth-order valence-electron chi connectivity index (χ4n) is 1.93. The number of rotatable bonds is 2. The zero-order valence-corrected chi connectivity index (χ0v) is 8.95. The van der Waals surface area contributed by atoms with Crippen LogP contribution in [-0.2, 0) is 9.59 Å². The van der Waals surface area contributed by atoms with Gasteiger partial charge in [0.15, 0.2) is 0 Å². The highest BCUT2D eigenvalue weighted by molar-refractivity contribution is 5.89. The van der Waals surface area contributed by atoms with Crippen LogP contribution in [0, 0.1) is 5.92 Å². The van der Waals surface area contributed by atoms with Crippen LogP contribution in [0.15, 0.2) is 0 Å². The molecule has 0 aromatic heterocycles. The van der Waals surface area contributed by atoms with E-state index in [2.05, 4.69) is 10.6 Å². The molecule has 1 aliphatic heterocycles. The van der Waals surface area contributed by atoms with Crippen LogP contribution in [0.3, 0.4) is 0 Å². The lowest BCUT2D eigenvalue weighted by Gasteiger charge is -2.35. The van der Waals surface area contributed by atoms with E-state index in [1.54, 1.807) is 11.9 Å². The highest BCUT2D eigenvalue weighted by Crippen LogP contribution is 2.31. The average Bonchev–Trinajstić information content (AvgIpc) is 3.11. The van der Waals surface area contributed by atoms with Crippen LogP contribution >= 0.6 is 0 Å². The van der Waals surface area contributed by atoms with E-state index in [-0.39, 0.29) is 23.8 Å². The number of nitrogens with one attached hydrogen (secondary N) is 2. The molecule has 0 spiro atoms. The summed E-state index contributed by atoms with van der Waals surface area (Å²) in [5.41, 5.74) is 0. The highest BCUT2D eigenvalue weighted by atomic mass is 16.2. The summed E-state index contributed by atoms with van der Waals surface area (Å²) in [4.78, 5) is 25.2. The van der Waals surface area contributed by atoms with Gasteiger partial charge in [-0.15, -0.1) is 0 Å². The molecule has 2 N–H and O–H groups in total. The zero-order chi connectivity index (χ0) is 10.8. The molecule has 2 rings (SSSR count). The quantitative estimate of drug-likeness (QED) is 0.612. The summed E-state index contributed by atoms with van der Waals surface area (Å²) >= 11 is 0. The Morgan fingerprint density at radius 1 is 1.40 bits per heavy atom. The number of amides is 2. The second kappa shape index (κ2) is 4.18. The van der Waals surface area contributed by atoms with Crippen LogP contribution in [0.4, 0.5) is 0 Å². The van der Waals surface area contributed by atoms with Crippen molar-refractivity contribution in [1.29, 1.82) is 0 Å². The second-order valence-electron chi connectivity index (χ2n) is 4.14. The lowest BCUT2D eigenvalue weighted by molar-refractivity contribution is -0.142. The van der Waals surface area contributed by atoms with Crippen molar-refractivity contribution in [2.24, 2.45) is 5.92 Å². The first-order valence-electron chi connectivity index (χ1n) is 5.47. The van der Waals surface area contributed by atoms with Gasteiger partial charge in [0.25, 0.3) is 0 Å². The number of hydrogen-bond donors (Lipinski definition) is 2. The molecular formula is C10H17N3O2. The largest absolute Gasteiger partial charge is 0.357 e. The number of piperazine rings is 1. The van der Waals surface area contributed by atoms with E-state index in [9.17, 15) is 9.59 Å². The number of carbonyl (C=O) groups is 2. The molecule has 1 atom stereocenters. The van der Waals surface area contributed by atoms with Gasteiger partial charge < -0.3 is 15.5 Å². The molecule has 1 aliphatic carbocycles. The van der Waals surface area contributed by atoms with Gasteiger partial charge in [0.1, 0.15) is 6.04 Å². The molecule has 0 aromatic carbocycles. The Bertz CT molecular complexity index is 276. The van der Waals surface area contributed by atoms with Gasteiger partial charge in [0, 0.05) is 32.6 Å². The van der Waals surface area contributed by atoms with Crippen molar-refractivity contribution in [3.8, 4) is 0 Å². The van der Waals surface area contributed by atoms with Crippen molar-refractivity contribution in [2.45, 2.75) is 18.9 Å². The topological polar surface area (TPSA) is 61.4 Å². The van der Waals surface area contributed by atoms with Crippen molar-refractivity contribution in [1.82, 2.24) is 15.5 Å². The molecule has 84 valence electrons. The van der Waals surface area contributed by atoms with Crippen molar-refractivity contribution in [2.75, 3.05) is 26.7 Å². The van der Waals surface area contributed by atoms with Crippen molar-refractivity contribution < 1.29 is 9.59 Å². The first-order valence-corrected chi connectivity index (χ1v) is 5.47. The number of nitrogens with zero attached hydrogens (tertiary/aromatic N) is 1. The molecule has 5 nitrogen and oxygen atoms in total. The summed E-state index contributed by atoms with van der Waals surface area (Å²) < 4.78 is 0. The van der Waals surface area contributed by atoms with Crippen LogP contribution in [0.5, 0.6) is 0 Å². The van der Waals surface area contributed by atoms with Gasteiger partial charge in [-0.1, -0.05) is 0 Å². The Balaban J connectivity index is 2.04. The van der Waals surface area contributed by atoms with Crippen LogP contribution in [0.1, 0.15) is 12.8 Å². The molecule has 1 saturated heterocycles. The van der Waals surface area contributed by atoms with Gasteiger partial charge in [-0.3, -0.25) is 9.59 Å². The predicted octanol–water partition coefficient (Wildman–Crippen LogP) is -1.06. The molecule has 0 radical (unpaired) electrons. The molecule has 0 aromatic rings. The van der Waals surface area contributed by atoms with E-state index >= 15 is 0 Å². The van der Waals surface area contributed by atoms with E-state index < -0.39 is 0 Å². The summed E-state index contributed by atoms with van der Waals surface area (Å²) in [7, 11) is 1.61. The van der Waals surface area contributed by atoms with E-state index in [1.165, 1.54) is 0 Å². The standard InChI is InChI=1S/C10H17N3O2/c1-11-9(14)8-6-12-4-5-13(8)10(15)7-2-3-7/h7-8,12H,2-6H2,1H3,(H,11,14). The number of likely N-dealkylation sites (N-methyl/N-ethyl adjacent to an activating group) is 1. The zero-order valence-electron chi connectivity index (χ0n) is 8.95. The Morgan fingerprint density at radius 3 is 2.73 bits per heavy atom. The second-order valence-corrected chi connectivity index (χ2v) is 4.14. The fraction of sp³-hybridized carbons (Fsp3) is 0.800. The van der Waals surface area contributed by atoms with Crippen molar-refractivity contribution >= 4 is 11.8 Å². The van der Waals surface area contributed by atoms with Crippen LogP contribution in [-0.4, -0.2) is 49.4 Å². The van der Waals surface area contributed by atoms with Crippen molar-refractivity contribution in [3.63, 3.8) is 0 Å². The predicted molar refractivity (Wildman–Crippen MR) is 55.2 cm³/mol. The van der Waals surface area contributed by atoms with E-state index in [4.69, 9.17) is 0 Å². The van der Waals surface area contributed by atoms with E-state index in [0.29, 0.717) is 13.1 Å². The molecule has 1 saturated carbocycles. The maximum Gasteiger partial charge on any atom is 0.243 e. The minimum Gasteiger partial charge on any atom is -0.357 e. The van der Waals surface area contributed by atoms with Gasteiger partial charge in [0.05, 0.1) is 0 Å². The molecule has 1 unspecified atom stereocenters. The molecule has 1 heterocycles. The van der Waals surface area contributed by atoms with Gasteiger partial charge >= 0.3 is 0 Å². The van der Waals surface area contributed by atoms with Crippen LogP contribution < -0.4 is 10.6 Å².